The fraction of sp³-hybridized carbons (Fsp3) is 0.389. The molecule has 2 saturated heterocycles. The number of pyridine rings is 1. The molecule has 0 radical (unpaired) electrons. The Balaban J connectivity index is 1.27. The maximum Gasteiger partial charge on any atom is 0.323 e. The van der Waals surface area contributed by atoms with E-state index in [2.05, 4.69) is 65.5 Å². The third-order valence-corrected chi connectivity index (χ3v) is 8.65. The van der Waals surface area contributed by atoms with Crippen LogP contribution in [0.5, 0.6) is 5.75 Å². The quantitative estimate of drug-likeness (QED) is 0.234. The Morgan fingerprint density at radius 1 is 0.886 bits per heavy atom. The van der Waals surface area contributed by atoms with Crippen LogP contribution in [0.25, 0.3) is 21.9 Å². The number of nitrogens with zero attached hydrogens (tertiary/aromatic N) is 3. The van der Waals surface area contributed by atoms with E-state index in [1.54, 1.807) is 7.11 Å². The van der Waals surface area contributed by atoms with Gasteiger partial charge in [0.15, 0.2) is 0 Å². The third-order valence-electron chi connectivity index (χ3n) is 8.65. The van der Waals surface area contributed by atoms with Crippen LogP contribution >= 0.6 is 0 Å². The summed E-state index contributed by atoms with van der Waals surface area (Å²) in [5.74, 6) is 0.778. The number of anilines is 3. The van der Waals surface area contributed by atoms with Gasteiger partial charge >= 0.3 is 6.03 Å². The molecule has 2 amide bonds. The lowest BCUT2D eigenvalue weighted by Crippen LogP contribution is -2.35. The van der Waals surface area contributed by atoms with Crippen LogP contribution in [0, 0.1) is 0 Å². The predicted octanol–water partition coefficient (Wildman–Crippen LogP) is 7.28. The van der Waals surface area contributed by atoms with E-state index in [9.17, 15) is 4.79 Å². The average Bonchev–Trinajstić information content (AvgIpc) is 3.56. The van der Waals surface area contributed by atoms with E-state index < -0.39 is 0 Å². The van der Waals surface area contributed by atoms with Crippen molar-refractivity contribution in [1.29, 1.82) is 0 Å². The zero-order valence-corrected chi connectivity index (χ0v) is 26.3. The second kappa shape index (κ2) is 12.8. The van der Waals surface area contributed by atoms with E-state index in [1.165, 1.54) is 18.4 Å². The molecule has 0 saturated carbocycles. The molecule has 8 nitrogen and oxygen atoms in total. The summed E-state index contributed by atoms with van der Waals surface area (Å²) in [4.78, 5) is 23.0. The highest BCUT2D eigenvalue weighted by atomic mass is 16.5. The van der Waals surface area contributed by atoms with Gasteiger partial charge in [-0.05, 0) is 53.0 Å². The minimum atomic E-state index is -0.263. The van der Waals surface area contributed by atoms with Gasteiger partial charge in [-0.1, -0.05) is 57.2 Å². The zero-order chi connectivity index (χ0) is 30.7. The van der Waals surface area contributed by atoms with Gasteiger partial charge in [0, 0.05) is 55.9 Å². The summed E-state index contributed by atoms with van der Waals surface area (Å²) in [6, 6.07) is 20.3. The van der Waals surface area contributed by atoms with Gasteiger partial charge in [-0.3, -0.25) is 9.88 Å². The number of amides is 2. The van der Waals surface area contributed by atoms with Crippen molar-refractivity contribution in [2.24, 2.45) is 0 Å². The Hall–Kier alpha value is -4.14. The van der Waals surface area contributed by atoms with Crippen molar-refractivity contribution in [1.82, 2.24) is 9.88 Å². The normalized spacial score (nSPS) is 15.9. The molecule has 44 heavy (non-hydrogen) atoms. The molecule has 2 N–H and O–H groups in total. The maximum absolute atomic E-state index is 13.5. The van der Waals surface area contributed by atoms with Crippen molar-refractivity contribution in [3.05, 3.63) is 78.1 Å². The SMILES string of the molecule is COc1cc(CN2CCOCC2)ncc1-c1ccc(NC(=O)Nc2cc(C(C)(C)C)ccc2N2CCCC2)c2ccccc12. The minimum Gasteiger partial charge on any atom is -0.496 e. The summed E-state index contributed by atoms with van der Waals surface area (Å²) in [6.07, 6.45) is 4.24. The van der Waals surface area contributed by atoms with Gasteiger partial charge < -0.3 is 25.0 Å². The molecule has 3 heterocycles. The van der Waals surface area contributed by atoms with E-state index in [0.717, 1.165) is 96.3 Å². The summed E-state index contributed by atoms with van der Waals surface area (Å²) in [5, 5.41) is 8.28. The molecule has 1 aromatic heterocycles. The van der Waals surface area contributed by atoms with Gasteiger partial charge in [0.25, 0.3) is 0 Å². The number of methoxy groups -OCH3 is 1. The number of hydrogen-bond acceptors (Lipinski definition) is 6. The van der Waals surface area contributed by atoms with E-state index in [-0.39, 0.29) is 11.4 Å². The van der Waals surface area contributed by atoms with Gasteiger partial charge in [0.1, 0.15) is 5.75 Å². The van der Waals surface area contributed by atoms with Gasteiger partial charge in [-0.2, -0.15) is 0 Å². The molecule has 0 aliphatic carbocycles. The first-order chi connectivity index (χ1) is 21.3. The number of carbonyl (C=O) groups excluding carboxylic acids is 1. The van der Waals surface area contributed by atoms with Gasteiger partial charge in [0.2, 0.25) is 0 Å². The van der Waals surface area contributed by atoms with Crippen molar-refractivity contribution < 1.29 is 14.3 Å². The van der Waals surface area contributed by atoms with Crippen molar-refractivity contribution in [3.8, 4) is 16.9 Å². The van der Waals surface area contributed by atoms with Crippen LogP contribution in [0.3, 0.4) is 0 Å². The van der Waals surface area contributed by atoms with Crippen LogP contribution < -0.4 is 20.3 Å². The highest BCUT2D eigenvalue weighted by Crippen LogP contribution is 2.38. The third kappa shape index (κ3) is 6.51. The molecule has 230 valence electrons. The average molecular weight is 594 g/mol. The Labute approximate surface area is 260 Å². The maximum atomic E-state index is 13.5. The molecule has 3 aromatic carbocycles. The number of urea groups is 1. The Kier molecular flexibility index (Phi) is 8.73. The number of carbonyl (C=O) groups is 1. The van der Waals surface area contributed by atoms with E-state index in [4.69, 9.17) is 14.5 Å². The highest BCUT2D eigenvalue weighted by molar-refractivity contribution is 6.10. The van der Waals surface area contributed by atoms with E-state index in [1.807, 2.05) is 42.6 Å². The number of rotatable bonds is 7. The summed E-state index contributed by atoms with van der Waals surface area (Å²) < 4.78 is 11.3. The van der Waals surface area contributed by atoms with Crippen molar-refractivity contribution in [2.45, 2.75) is 45.6 Å². The van der Waals surface area contributed by atoms with Crippen molar-refractivity contribution in [2.75, 3.05) is 62.0 Å². The number of benzene rings is 3. The highest BCUT2D eigenvalue weighted by Gasteiger charge is 2.22. The lowest BCUT2D eigenvalue weighted by molar-refractivity contribution is 0.0336. The minimum absolute atomic E-state index is 0.0287. The molecule has 8 heteroatoms. The van der Waals surface area contributed by atoms with Crippen LogP contribution in [0.2, 0.25) is 0 Å². The summed E-state index contributed by atoms with van der Waals surface area (Å²) in [5.41, 5.74) is 6.70. The smallest absolute Gasteiger partial charge is 0.323 e. The molecule has 0 unspecified atom stereocenters. The van der Waals surface area contributed by atoms with Crippen LogP contribution in [0.4, 0.5) is 21.9 Å². The summed E-state index contributed by atoms with van der Waals surface area (Å²) >= 11 is 0. The number of fused-ring (bicyclic) bond motifs is 1. The van der Waals surface area contributed by atoms with Crippen molar-refractivity contribution in [3.63, 3.8) is 0 Å². The monoisotopic (exact) mass is 593 g/mol. The Bertz CT molecular complexity index is 1640. The molecule has 0 bridgehead atoms. The lowest BCUT2D eigenvalue weighted by atomic mass is 9.86. The lowest BCUT2D eigenvalue weighted by Gasteiger charge is -2.26. The predicted molar refractivity (Wildman–Crippen MR) is 179 cm³/mol. The van der Waals surface area contributed by atoms with Crippen LogP contribution in [0.1, 0.15) is 44.9 Å². The molecular formula is C36H43N5O3. The fourth-order valence-electron chi connectivity index (χ4n) is 6.18. The molecule has 2 aliphatic heterocycles. The van der Waals surface area contributed by atoms with Crippen LogP contribution in [0.15, 0.2) is 66.9 Å². The Morgan fingerprint density at radius 3 is 2.34 bits per heavy atom. The molecule has 2 fully saturated rings. The first-order valence-corrected chi connectivity index (χ1v) is 15.6. The number of aromatic nitrogens is 1. The number of nitrogens with one attached hydrogen (secondary N) is 2. The number of hydrogen-bond donors (Lipinski definition) is 2. The first kappa shape index (κ1) is 29.9. The number of morpholine rings is 1. The second-order valence-electron chi connectivity index (χ2n) is 12.7. The van der Waals surface area contributed by atoms with Gasteiger partial charge in [-0.15, -0.1) is 0 Å². The molecular weight excluding hydrogens is 550 g/mol. The van der Waals surface area contributed by atoms with Gasteiger partial charge in [0.05, 0.1) is 43.1 Å². The molecule has 6 rings (SSSR count). The van der Waals surface area contributed by atoms with Crippen LogP contribution in [-0.2, 0) is 16.7 Å². The van der Waals surface area contributed by atoms with Gasteiger partial charge in [-0.25, -0.2) is 4.79 Å². The summed E-state index contributed by atoms with van der Waals surface area (Å²) in [7, 11) is 1.70. The number of ether oxygens (including phenoxy) is 2. The summed E-state index contributed by atoms with van der Waals surface area (Å²) in [6.45, 7) is 12.7. The van der Waals surface area contributed by atoms with E-state index >= 15 is 0 Å². The van der Waals surface area contributed by atoms with Crippen LogP contribution in [-0.4, -0.2) is 62.4 Å². The topological polar surface area (TPSA) is 79.0 Å². The Morgan fingerprint density at radius 2 is 1.61 bits per heavy atom. The standard InChI is InChI=1S/C36H43N5O3/c1-36(2,3)25-11-14-33(41-15-7-8-16-41)32(21-25)39-35(42)38-31-13-12-28(27-9-5-6-10-29(27)31)30-23-37-26(22-34(30)43-4)24-40-17-19-44-20-18-40/h5-6,9-14,21-23H,7-8,15-20,24H2,1-4H3,(H2,38,39,42). The largest absolute Gasteiger partial charge is 0.496 e. The second-order valence-corrected chi connectivity index (χ2v) is 12.7. The molecule has 0 spiro atoms. The van der Waals surface area contributed by atoms with E-state index in [0.29, 0.717) is 0 Å². The molecule has 0 atom stereocenters. The van der Waals surface area contributed by atoms with Crippen molar-refractivity contribution >= 4 is 33.9 Å². The zero-order valence-electron chi connectivity index (χ0n) is 26.3. The fourth-order valence-corrected chi connectivity index (χ4v) is 6.18. The molecule has 4 aromatic rings. The molecule has 2 aliphatic rings. The first-order valence-electron chi connectivity index (χ1n) is 15.6.